The number of nitrogens with one attached hydrogen (secondary N) is 1. The third kappa shape index (κ3) is 4.48. The summed E-state index contributed by atoms with van der Waals surface area (Å²) in [5.41, 5.74) is 1.17. The minimum absolute atomic E-state index is 0.0277. The minimum atomic E-state index is -0.548. The number of amides is 2. The molecule has 1 aliphatic rings. The van der Waals surface area contributed by atoms with Gasteiger partial charge in [0.1, 0.15) is 12.2 Å². The quantitative estimate of drug-likeness (QED) is 0.207. The molecule has 0 unspecified atom stereocenters. The van der Waals surface area contributed by atoms with E-state index in [2.05, 4.69) is 34.5 Å². The minimum Gasteiger partial charge on any atom is -0.493 e. The summed E-state index contributed by atoms with van der Waals surface area (Å²) in [5, 5.41) is 2.62. The number of hydrogen-bond acceptors (Lipinski definition) is 5. The molecule has 1 heterocycles. The van der Waals surface area contributed by atoms with Gasteiger partial charge in [0.15, 0.2) is 16.6 Å². The number of benzene rings is 2. The van der Waals surface area contributed by atoms with Crippen molar-refractivity contribution in [3.63, 3.8) is 0 Å². The van der Waals surface area contributed by atoms with E-state index in [4.69, 9.17) is 21.7 Å². The van der Waals surface area contributed by atoms with Crippen molar-refractivity contribution in [2.75, 3.05) is 18.6 Å². The number of carbonyl (C=O) groups excluding carboxylic acids is 2. The molecule has 0 radical (unpaired) electrons. The van der Waals surface area contributed by atoms with Crippen LogP contribution in [0.4, 0.5) is 5.69 Å². The number of thiocarbonyl (C=S) groups is 1. The molecule has 0 aromatic heterocycles. The van der Waals surface area contributed by atoms with E-state index in [9.17, 15) is 9.59 Å². The molecule has 2 aromatic carbocycles. The smallest absolute Gasteiger partial charge is 0.270 e. The lowest BCUT2D eigenvalue weighted by atomic mass is 10.1. The maximum Gasteiger partial charge on any atom is 0.270 e. The number of nitrogens with zero attached hydrogens (tertiary/aromatic N) is 1. The fourth-order valence-electron chi connectivity index (χ4n) is 2.74. The molecule has 0 saturated carbocycles. The number of carbonyl (C=O) groups is 2. The first-order valence-corrected chi connectivity index (χ1v) is 10.0. The van der Waals surface area contributed by atoms with Gasteiger partial charge in [0.25, 0.3) is 11.8 Å². The molecule has 0 atom stereocenters. The Bertz CT molecular complexity index is 1020. The molecule has 1 saturated heterocycles. The molecule has 2 aromatic rings. The number of rotatable bonds is 6. The average molecular weight is 520 g/mol. The summed E-state index contributed by atoms with van der Waals surface area (Å²) in [6, 6.07) is 12.4. The Labute approximate surface area is 187 Å². The lowest BCUT2D eigenvalue weighted by molar-refractivity contribution is -0.122. The fraction of sp³-hybridized carbons (Fsp3) is 0.0952. The van der Waals surface area contributed by atoms with Crippen LogP contribution in [0.3, 0.4) is 0 Å². The summed E-state index contributed by atoms with van der Waals surface area (Å²) in [6.07, 6.45) is 3.15. The van der Waals surface area contributed by atoms with Gasteiger partial charge in [-0.1, -0.05) is 30.9 Å². The van der Waals surface area contributed by atoms with E-state index >= 15 is 0 Å². The van der Waals surface area contributed by atoms with Gasteiger partial charge in [0, 0.05) is 0 Å². The predicted molar refractivity (Wildman–Crippen MR) is 124 cm³/mol. The van der Waals surface area contributed by atoms with Gasteiger partial charge in [-0.2, -0.15) is 0 Å². The van der Waals surface area contributed by atoms with Crippen LogP contribution in [0.1, 0.15) is 5.56 Å². The zero-order valence-electron chi connectivity index (χ0n) is 15.5. The second-order valence-electron chi connectivity index (χ2n) is 5.93. The van der Waals surface area contributed by atoms with E-state index in [1.165, 1.54) is 18.1 Å². The summed E-state index contributed by atoms with van der Waals surface area (Å²) in [6.45, 7) is 3.97. The van der Waals surface area contributed by atoms with Gasteiger partial charge >= 0.3 is 0 Å². The van der Waals surface area contributed by atoms with Crippen LogP contribution in [0.2, 0.25) is 0 Å². The zero-order chi connectivity index (χ0) is 21.0. The van der Waals surface area contributed by atoms with Crippen molar-refractivity contribution in [2.24, 2.45) is 0 Å². The van der Waals surface area contributed by atoms with Crippen LogP contribution in [-0.4, -0.2) is 30.6 Å². The van der Waals surface area contributed by atoms with Crippen molar-refractivity contribution in [2.45, 2.75) is 0 Å². The van der Waals surface area contributed by atoms with Gasteiger partial charge in [0.2, 0.25) is 0 Å². The molecule has 3 rings (SSSR count). The predicted octanol–water partition coefficient (Wildman–Crippen LogP) is 3.70. The van der Waals surface area contributed by atoms with E-state index in [0.29, 0.717) is 29.4 Å². The van der Waals surface area contributed by atoms with Crippen molar-refractivity contribution in [1.82, 2.24) is 5.32 Å². The van der Waals surface area contributed by atoms with Gasteiger partial charge in [-0.15, -0.1) is 0 Å². The van der Waals surface area contributed by atoms with Crippen LogP contribution in [0.15, 0.2) is 60.7 Å². The van der Waals surface area contributed by atoms with Gasteiger partial charge in [-0.05, 0) is 70.7 Å². The number of para-hydroxylation sites is 1. The molecule has 0 aliphatic carbocycles. The number of halogens is 1. The van der Waals surface area contributed by atoms with Crippen LogP contribution in [-0.2, 0) is 9.59 Å². The molecular formula is C21H17IN2O4S. The molecular weight excluding hydrogens is 503 g/mol. The molecule has 1 fully saturated rings. The summed E-state index contributed by atoms with van der Waals surface area (Å²) < 4.78 is 11.8. The lowest BCUT2D eigenvalue weighted by Crippen LogP contribution is -2.54. The van der Waals surface area contributed by atoms with Gasteiger partial charge < -0.3 is 9.47 Å². The van der Waals surface area contributed by atoms with Crippen molar-refractivity contribution in [3.8, 4) is 11.5 Å². The highest BCUT2D eigenvalue weighted by Gasteiger charge is 2.34. The Hall–Kier alpha value is -2.72. The maximum absolute atomic E-state index is 13.0. The second-order valence-corrected chi connectivity index (χ2v) is 7.48. The van der Waals surface area contributed by atoms with Crippen molar-refractivity contribution < 1.29 is 19.1 Å². The number of anilines is 1. The van der Waals surface area contributed by atoms with Crippen LogP contribution in [0.5, 0.6) is 11.5 Å². The van der Waals surface area contributed by atoms with E-state index in [0.717, 1.165) is 3.57 Å². The van der Waals surface area contributed by atoms with Crippen LogP contribution < -0.4 is 19.7 Å². The molecule has 1 N–H and O–H groups in total. The standard InChI is InChI=1S/C21H17IN2O4S/c1-3-9-28-18-16(22)11-13(12-17(18)27-2)10-15-19(25)23-21(29)24(20(15)26)14-7-5-4-6-8-14/h3-8,10-12H,1,9H2,2H3,(H,23,25,29)/b15-10-. The van der Waals surface area contributed by atoms with Gasteiger partial charge in [-0.3, -0.25) is 19.8 Å². The van der Waals surface area contributed by atoms with E-state index in [1.807, 2.05) is 6.07 Å². The first-order chi connectivity index (χ1) is 14.0. The SMILES string of the molecule is C=CCOc1c(I)cc(/C=C2/C(=O)NC(=S)N(c3ccccc3)C2=O)cc1OC. The molecule has 6 nitrogen and oxygen atoms in total. The first-order valence-electron chi connectivity index (χ1n) is 8.54. The van der Waals surface area contributed by atoms with Crippen molar-refractivity contribution in [3.05, 3.63) is 69.8 Å². The third-order valence-electron chi connectivity index (χ3n) is 4.02. The Morgan fingerprint density at radius 2 is 1.97 bits per heavy atom. The van der Waals surface area contributed by atoms with Crippen molar-refractivity contribution >= 4 is 63.5 Å². The monoisotopic (exact) mass is 520 g/mol. The Morgan fingerprint density at radius 3 is 2.62 bits per heavy atom. The maximum atomic E-state index is 13.0. The number of hydrogen-bond donors (Lipinski definition) is 1. The van der Waals surface area contributed by atoms with E-state index < -0.39 is 11.8 Å². The highest BCUT2D eigenvalue weighted by atomic mass is 127. The summed E-state index contributed by atoms with van der Waals surface area (Å²) in [5.74, 6) is 0.0189. The zero-order valence-corrected chi connectivity index (χ0v) is 18.5. The van der Waals surface area contributed by atoms with Gasteiger partial charge in [0.05, 0.1) is 16.4 Å². The summed E-state index contributed by atoms with van der Waals surface area (Å²) in [7, 11) is 1.52. The molecule has 0 bridgehead atoms. The molecule has 0 spiro atoms. The lowest BCUT2D eigenvalue weighted by Gasteiger charge is -2.28. The largest absolute Gasteiger partial charge is 0.493 e. The highest BCUT2D eigenvalue weighted by Crippen LogP contribution is 2.35. The Balaban J connectivity index is 2.01. The number of methoxy groups -OCH3 is 1. The van der Waals surface area contributed by atoms with Crippen molar-refractivity contribution in [1.29, 1.82) is 0 Å². The highest BCUT2D eigenvalue weighted by molar-refractivity contribution is 14.1. The Morgan fingerprint density at radius 1 is 1.24 bits per heavy atom. The molecule has 2 amide bonds. The summed E-state index contributed by atoms with van der Waals surface area (Å²) >= 11 is 7.31. The van der Waals surface area contributed by atoms with Crippen LogP contribution in [0, 0.1) is 3.57 Å². The topological polar surface area (TPSA) is 67.9 Å². The third-order valence-corrected chi connectivity index (χ3v) is 5.11. The average Bonchev–Trinajstić information content (AvgIpc) is 2.70. The Kier molecular flexibility index (Phi) is 6.65. The number of ether oxygens (including phenoxy) is 2. The summed E-state index contributed by atoms with van der Waals surface area (Å²) in [4.78, 5) is 26.8. The molecule has 148 valence electrons. The fourth-order valence-corrected chi connectivity index (χ4v) is 3.80. The second kappa shape index (κ2) is 9.19. The first kappa shape index (κ1) is 21.0. The van der Waals surface area contributed by atoms with E-state index in [1.54, 1.807) is 42.5 Å². The molecule has 29 heavy (non-hydrogen) atoms. The van der Waals surface area contributed by atoms with E-state index in [-0.39, 0.29) is 10.7 Å². The normalized spacial score (nSPS) is 15.3. The van der Waals surface area contributed by atoms with Gasteiger partial charge in [-0.25, -0.2) is 0 Å². The van der Waals surface area contributed by atoms with Crippen LogP contribution >= 0.6 is 34.8 Å². The van der Waals surface area contributed by atoms with Crippen LogP contribution in [0.25, 0.3) is 6.08 Å². The molecule has 1 aliphatic heterocycles. The molecule has 8 heteroatoms.